The van der Waals surface area contributed by atoms with E-state index in [0.717, 1.165) is 10.6 Å². The largest absolute Gasteiger partial charge is 0.493 e. The van der Waals surface area contributed by atoms with Crippen LogP contribution in [0.4, 0.5) is 5.69 Å². The molecule has 0 aliphatic carbocycles. The third kappa shape index (κ3) is 7.41. The molecule has 0 fully saturated rings. The lowest BCUT2D eigenvalue weighted by molar-refractivity contribution is -0.140. The number of amides is 2. The van der Waals surface area contributed by atoms with Crippen molar-refractivity contribution in [2.45, 2.75) is 32.9 Å². The van der Waals surface area contributed by atoms with Gasteiger partial charge in [-0.25, -0.2) is 8.42 Å². The fourth-order valence-electron chi connectivity index (χ4n) is 3.64. The van der Waals surface area contributed by atoms with Crippen LogP contribution in [0.15, 0.2) is 36.4 Å². The minimum Gasteiger partial charge on any atom is -0.493 e. The van der Waals surface area contributed by atoms with Crippen LogP contribution in [0.2, 0.25) is 10.0 Å². The van der Waals surface area contributed by atoms with Gasteiger partial charge in [0.25, 0.3) is 0 Å². The fraction of sp³-hybridized carbons (Fsp3) is 0.417. The second-order valence-corrected chi connectivity index (χ2v) is 10.6. The molecule has 2 aromatic carbocycles. The highest BCUT2D eigenvalue weighted by atomic mass is 35.5. The maximum absolute atomic E-state index is 13.6. The first kappa shape index (κ1) is 29.5. The molecule has 0 bridgehead atoms. The Morgan fingerprint density at radius 2 is 1.67 bits per heavy atom. The molecule has 1 atom stereocenters. The zero-order valence-corrected chi connectivity index (χ0v) is 23.2. The Bertz CT molecular complexity index is 1190. The van der Waals surface area contributed by atoms with Crippen LogP contribution in [-0.4, -0.2) is 64.7 Å². The normalized spacial score (nSPS) is 12.0. The van der Waals surface area contributed by atoms with E-state index in [-0.39, 0.29) is 18.1 Å². The molecule has 0 aliphatic rings. The first-order valence-electron chi connectivity index (χ1n) is 11.2. The molecule has 0 unspecified atom stereocenters. The predicted octanol–water partition coefficient (Wildman–Crippen LogP) is 3.72. The number of likely N-dealkylation sites (N-methyl/N-ethyl adjacent to an activating group) is 1. The van der Waals surface area contributed by atoms with E-state index in [1.165, 1.54) is 31.3 Å². The van der Waals surface area contributed by atoms with Crippen molar-refractivity contribution in [3.63, 3.8) is 0 Å². The predicted molar refractivity (Wildman–Crippen MR) is 142 cm³/mol. The van der Waals surface area contributed by atoms with Gasteiger partial charge in [-0.3, -0.25) is 13.9 Å². The summed E-state index contributed by atoms with van der Waals surface area (Å²) in [7, 11) is -1.00. The van der Waals surface area contributed by atoms with Crippen LogP contribution < -0.4 is 19.1 Å². The Labute approximate surface area is 222 Å². The van der Waals surface area contributed by atoms with Crippen LogP contribution in [-0.2, 0) is 26.2 Å². The van der Waals surface area contributed by atoms with Crippen LogP contribution in [0.25, 0.3) is 0 Å². The van der Waals surface area contributed by atoms with E-state index >= 15 is 0 Å². The average molecular weight is 561 g/mol. The molecule has 0 saturated heterocycles. The van der Waals surface area contributed by atoms with Gasteiger partial charge in [0.2, 0.25) is 21.8 Å². The average Bonchev–Trinajstić information content (AvgIpc) is 2.83. The van der Waals surface area contributed by atoms with Crippen molar-refractivity contribution in [3.05, 3.63) is 52.0 Å². The van der Waals surface area contributed by atoms with Crippen molar-refractivity contribution in [1.82, 2.24) is 10.2 Å². The number of halogens is 2. The number of rotatable bonds is 12. The molecule has 0 radical (unpaired) electrons. The third-order valence-electron chi connectivity index (χ3n) is 5.41. The third-order valence-corrected chi connectivity index (χ3v) is 7.29. The summed E-state index contributed by atoms with van der Waals surface area (Å²) in [6.45, 7) is 3.42. The number of benzene rings is 2. The van der Waals surface area contributed by atoms with Gasteiger partial charge in [-0.15, -0.1) is 0 Å². The molecule has 12 heteroatoms. The number of methoxy groups -OCH3 is 2. The van der Waals surface area contributed by atoms with Gasteiger partial charge in [-0.2, -0.15) is 0 Å². The van der Waals surface area contributed by atoms with E-state index in [1.807, 2.05) is 0 Å². The zero-order chi connectivity index (χ0) is 27.0. The van der Waals surface area contributed by atoms with Crippen molar-refractivity contribution < 1.29 is 27.5 Å². The minimum absolute atomic E-state index is 0.0227. The van der Waals surface area contributed by atoms with Gasteiger partial charge in [-0.05, 0) is 43.2 Å². The van der Waals surface area contributed by atoms with Crippen molar-refractivity contribution in [1.29, 1.82) is 0 Å². The molecule has 0 aliphatic heterocycles. The first-order chi connectivity index (χ1) is 17.0. The number of carbonyl (C=O) groups excluding carboxylic acids is 2. The summed E-state index contributed by atoms with van der Waals surface area (Å²) in [4.78, 5) is 27.8. The van der Waals surface area contributed by atoms with Crippen molar-refractivity contribution in [2.24, 2.45) is 0 Å². The molecule has 2 aromatic rings. The minimum atomic E-state index is -3.89. The fourth-order valence-corrected chi connectivity index (χ4v) is 4.80. The standard InChI is InChI=1S/C24H31Cl2N3O6S/c1-6-20(24(31)27-7-2)28(14-16-8-10-18(25)19(26)12-16)23(30)15-29(36(5,32)33)17-9-11-21(34-3)22(13-17)35-4/h8-13,20H,6-7,14-15H2,1-5H3,(H,27,31)/t20-/m1/s1. The van der Waals surface area contributed by atoms with Crippen LogP contribution in [0.5, 0.6) is 11.5 Å². The van der Waals surface area contributed by atoms with Crippen molar-refractivity contribution in [3.8, 4) is 11.5 Å². The van der Waals surface area contributed by atoms with Gasteiger partial charge in [-0.1, -0.05) is 36.2 Å². The summed E-state index contributed by atoms with van der Waals surface area (Å²) in [5.74, 6) is -0.202. The van der Waals surface area contributed by atoms with Crippen LogP contribution in [0, 0.1) is 0 Å². The summed E-state index contributed by atoms with van der Waals surface area (Å²) in [5.41, 5.74) is 0.849. The molecule has 1 N–H and O–H groups in total. The van der Waals surface area contributed by atoms with E-state index in [2.05, 4.69) is 5.32 Å². The zero-order valence-electron chi connectivity index (χ0n) is 20.9. The number of hydrogen-bond acceptors (Lipinski definition) is 6. The van der Waals surface area contributed by atoms with Crippen molar-refractivity contribution >= 4 is 50.7 Å². The van der Waals surface area contributed by atoms with Crippen molar-refractivity contribution in [2.75, 3.05) is 37.9 Å². The Morgan fingerprint density at radius 1 is 1.00 bits per heavy atom. The number of nitrogens with one attached hydrogen (secondary N) is 1. The molecule has 36 heavy (non-hydrogen) atoms. The number of sulfonamides is 1. The smallest absolute Gasteiger partial charge is 0.244 e. The van der Waals surface area contributed by atoms with Crippen LogP contribution in [0.3, 0.4) is 0 Å². The SMILES string of the molecule is CCNC(=O)[C@@H](CC)N(Cc1ccc(Cl)c(Cl)c1)C(=O)CN(c1ccc(OC)c(OC)c1)S(C)(=O)=O. The van der Waals surface area contributed by atoms with E-state index in [9.17, 15) is 18.0 Å². The Balaban J connectivity index is 2.50. The highest BCUT2D eigenvalue weighted by Crippen LogP contribution is 2.32. The second kappa shape index (κ2) is 13.0. The number of hydrogen-bond donors (Lipinski definition) is 1. The quantitative estimate of drug-likeness (QED) is 0.425. The summed E-state index contributed by atoms with van der Waals surface area (Å²) in [6.07, 6.45) is 1.32. The molecule has 2 rings (SSSR count). The van der Waals surface area contributed by atoms with E-state index in [0.29, 0.717) is 40.1 Å². The van der Waals surface area contributed by atoms with Crippen LogP contribution >= 0.6 is 23.2 Å². The lowest BCUT2D eigenvalue weighted by Gasteiger charge is -2.33. The molecule has 0 saturated carbocycles. The summed E-state index contributed by atoms with van der Waals surface area (Å²) < 4.78 is 36.9. The first-order valence-corrected chi connectivity index (χ1v) is 13.8. The monoisotopic (exact) mass is 559 g/mol. The van der Waals surface area contributed by atoms with E-state index < -0.39 is 28.5 Å². The summed E-state index contributed by atoms with van der Waals surface area (Å²) in [6, 6.07) is 8.60. The van der Waals surface area contributed by atoms with Gasteiger partial charge in [0, 0.05) is 19.2 Å². The molecule has 2 amide bonds. The number of anilines is 1. The molecular formula is C24H31Cl2N3O6S. The van der Waals surface area contributed by atoms with Gasteiger partial charge in [0.1, 0.15) is 12.6 Å². The van der Waals surface area contributed by atoms with Gasteiger partial charge in [0.05, 0.1) is 36.2 Å². The summed E-state index contributed by atoms with van der Waals surface area (Å²) >= 11 is 12.2. The van der Waals surface area contributed by atoms with E-state index in [1.54, 1.807) is 38.1 Å². The molecule has 0 spiro atoms. The van der Waals surface area contributed by atoms with Gasteiger partial charge in [0.15, 0.2) is 11.5 Å². The number of carbonyl (C=O) groups is 2. The summed E-state index contributed by atoms with van der Waals surface area (Å²) in [5, 5.41) is 3.39. The van der Waals surface area contributed by atoms with Gasteiger partial charge < -0.3 is 19.7 Å². The van der Waals surface area contributed by atoms with Gasteiger partial charge >= 0.3 is 0 Å². The highest BCUT2D eigenvalue weighted by Gasteiger charge is 2.32. The topological polar surface area (TPSA) is 105 Å². The lowest BCUT2D eigenvalue weighted by Crippen LogP contribution is -2.52. The number of nitrogens with zero attached hydrogens (tertiary/aromatic N) is 2. The Kier molecular flexibility index (Phi) is 10.7. The maximum Gasteiger partial charge on any atom is 0.244 e. The molecule has 0 aromatic heterocycles. The molecule has 0 heterocycles. The second-order valence-electron chi connectivity index (χ2n) is 7.90. The Morgan fingerprint density at radius 3 is 2.19 bits per heavy atom. The molecular weight excluding hydrogens is 529 g/mol. The molecule has 9 nitrogen and oxygen atoms in total. The molecule has 198 valence electrons. The maximum atomic E-state index is 13.6. The van der Waals surface area contributed by atoms with Crippen LogP contribution in [0.1, 0.15) is 25.8 Å². The van der Waals surface area contributed by atoms with E-state index in [4.69, 9.17) is 32.7 Å². The highest BCUT2D eigenvalue weighted by molar-refractivity contribution is 7.92. The Hall–Kier alpha value is -2.69. The number of ether oxygens (including phenoxy) is 2. The lowest BCUT2D eigenvalue weighted by atomic mass is 10.1.